The van der Waals surface area contributed by atoms with Crippen molar-refractivity contribution in [3.63, 3.8) is 0 Å². The number of phenolic OH excluding ortho intramolecular Hbond substituents is 1. The molecule has 1 aromatic carbocycles. The molecule has 4 rings (SSSR count). The number of piperazine rings is 1. The Labute approximate surface area is 159 Å². The third-order valence-corrected chi connectivity index (χ3v) is 6.27. The fourth-order valence-electron chi connectivity index (χ4n) is 4.62. The summed E-state index contributed by atoms with van der Waals surface area (Å²) in [6.07, 6.45) is 5.87. The molecular formula is C20H29N4O3+. The van der Waals surface area contributed by atoms with Crippen LogP contribution in [0.4, 0.5) is 10.5 Å². The maximum absolute atomic E-state index is 13.0. The second-order valence-corrected chi connectivity index (χ2v) is 8.07. The zero-order valence-electron chi connectivity index (χ0n) is 15.7. The van der Waals surface area contributed by atoms with Crippen LogP contribution < -0.4 is 15.1 Å². The number of urea groups is 1. The number of carbonyl (C=O) groups is 2. The summed E-state index contributed by atoms with van der Waals surface area (Å²) in [6, 6.07) is 7.04. The summed E-state index contributed by atoms with van der Waals surface area (Å²) >= 11 is 0. The molecule has 2 saturated heterocycles. The van der Waals surface area contributed by atoms with E-state index in [4.69, 9.17) is 0 Å². The van der Waals surface area contributed by atoms with Crippen LogP contribution in [0.25, 0.3) is 0 Å². The van der Waals surface area contributed by atoms with Gasteiger partial charge in [0, 0.05) is 5.69 Å². The fourth-order valence-corrected chi connectivity index (χ4v) is 4.62. The summed E-state index contributed by atoms with van der Waals surface area (Å²) < 4.78 is 0. The average molecular weight is 373 g/mol. The average Bonchev–Trinajstić information content (AvgIpc) is 2.84. The zero-order valence-corrected chi connectivity index (χ0v) is 15.7. The minimum Gasteiger partial charge on any atom is -0.508 e. The largest absolute Gasteiger partial charge is 0.508 e. The van der Waals surface area contributed by atoms with Crippen molar-refractivity contribution < 1.29 is 19.6 Å². The highest BCUT2D eigenvalue weighted by atomic mass is 16.3. The fraction of sp³-hybridized carbons (Fsp3) is 0.600. The van der Waals surface area contributed by atoms with E-state index in [1.54, 1.807) is 12.1 Å². The number of benzene rings is 1. The highest BCUT2D eigenvalue weighted by molar-refractivity contribution is 6.06. The standard InChI is InChI=1S/C20H28N4O3/c25-17-7-5-16(6-8-17)23-13-11-22(12-14-23)15-24-18(26)20(21-19(24)27)9-3-1-2-4-10-20/h5-8,25H,1-4,9-15H2,(H,21,27)/p+1. The molecule has 1 aliphatic carbocycles. The van der Waals surface area contributed by atoms with E-state index in [0.29, 0.717) is 6.67 Å². The van der Waals surface area contributed by atoms with Crippen molar-refractivity contribution in [2.45, 2.75) is 44.1 Å². The first-order valence-electron chi connectivity index (χ1n) is 10.1. The molecule has 3 aliphatic rings. The van der Waals surface area contributed by atoms with Crippen LogP contribution in [0.15, 0.2) is 24.3 Å². The van der Waals surface area contributed by atoms with E-state index in [1.165, 1.54) is 9.80 Å². The molecule has 1 saturated carbocycles. The lowest BCUT2D eigenvalue weighted by molar-refractivity contribution is -0.907. The normalized spacial score (nSPS) is 23.6. The number of imide groups is 1. The van der Waals surface area contributed by atoms with Crippen LogP contribution in [0.2, 0.25) is 0 Å². The van der Waals surface area contributed by atoms with Crippen molar-refractivity contribution >= 4 is 17.6 Å². The van der Waals surface area contributed by atoms with Crippen molar-refractivity contribution in [3.8, 4) is 5.75 Å². The zero-order chi connectivity index (χ0) is 18.9. The van der Waals surface area contributed by atoms with Gasteiger partial charge in [-0.1, -0.05) is 25.7 Å². The van der Waals surface area contributed by atoms with Gasteiger partial charge in [-0.3, -0.25) is 4.79 Å². The number of nitrogens with one attached hydrogen (secondary N) is 2. The van der Waals surface area contributed by atoms with Crippen LogP contribution in [0.3, 0.4) is 0 Å². The molecule has 2 heterocycles. The third kappa shape index (κ3) is 3.60. The predicted octanol–water partition coefficient (Wildman–Crippen LogP) is 0.699. The first-order chi connectivity index (χ1) is 13.1. The number of quaternary nitrogens is 1. The SMILES string of the molecule is O=C1NC2(CCCCCC2)C(=O)N1C[NH+]1CCN(c2ccc(O)cc2)CC1. The lowest BCUT2D eigenvalue weighted by Gasteiger charge is -2.34. The van der Waals surface area contributed by atoms with Crippen LogP contribution in [0.1, 0.15) is 38.5 Å². The molecule has 0 aromatic heterocycles. The summed E-state index contributed by atoms with van der Waals surface area (Å²) in [7, 11) is 0. The van der Waals surface area contributed by atoms with E-state index in [2.05, 4.69) is 10.2 Å². The Morgan fingerprint density at radius 1 is 1.00 bits per heavy atom. The van der Waals surface area contributed by atoms with Gasteiger partial charge >= 0.3 is 6.03 Å². The van der Waals surface area contributed by atoms with E-state index in [0.717, 1.165) is 70.4 Å². The molecule has 0 unspecified atom stereocenters. The molecule has 7 heteroatoms. The van der Waals surface area contributed by atoms with Crippen LogP contribution in [0, 0.1) is 0 Å². The van der Waals surface area contributed by atoms with Gasteiger partial charge in [0.05, 0.1) is 26.2 Å². The van der Waals surface area contributed by atoms with Crippen molar-refractivity contribution in [3.05, 3.63) is 24.3 Å². The number of carbonyl (C=O) groups excluding carboxylic acids is 2. The number of rotatable bonds is 3. The summed E-state index contributed by atoms with van der Waals surface area (Å²) in [5, 5.41) is 12.5. The van der Waals surface area contributed by atoms with Crippen molar-refractivity contribution in [1.82, 2.24) is 10.2 Å². The van der Waals surface area contributed by atoms with E-state index in [9.17, 15) is 14.7 Å². The smallest absolute Gasteiger partial charge is 0.329 e. The third-order valence-electron chi connectivity index (χ3n) is 6.27. The Balaban J connectivity index is 1.35. The number of phenols is 1. The van der Waals surface area contributed by atoms with Gasteiger partial charge in [0.2, 0.25) is 0 Å². The second kappa shape index (κ2) is 7.38. The minimum absolute atomic E-state index is 0.0112. The van der Waals surface area contributed by atoms with Crippen molar-refractivity contribution in [2.24, 2.45) is 0 Å². The minimum atomic E-state index is -0.638. The first-order valence-corrected chi connectivity index (χ1v) is 10.1. The summed E-state index contributed by atoms with van der Waals surface area (Å²) in [5.74, 6) is 0.261. The number of nitrogens with zero attached hydrogens (tertiary/aromatic N) is 2. The van der Waals surface area contributed by atoms with Crippen molar-refractivity contribution in [2.75, 3.05) is 37.7 Å². The van der Waals surface area contributed by atoms with Gasteiger partial charge < -0.3 is 20.2 Å². The lowest BCUT2D eigenvalue weighted by Crippen LogP contribution is -3.16. The molecule has 1 spiro atoms. The van der Waals surface area contributed by atoms with E-state index < -0.39 is 5.54 Å². The number of hydrogen-bond donors (Lipinski definition) is 3. The number of amides is 3. The topological polar surface area (TPSA) is 77.3 Å². The van der Waals surface area contributed by atoms with Gasteiger partial charge in [0.1, 0.15) is 11.3 Å². The summed E-state index contributed by atoms with van der Waals surface area (Å²) in [5.41, 5.74) is 0.459. The lowest BCUT2D eigenvalue weighted by atomic mass is 9.90. The Hall–Kier alpha value is -2.28. The molecular weight excluding hydrogens is 344 g/mol. The molecule has 27 heavy (non-hydrogen) atoms. The van der Waals surface area contributed by atoms with E-state index in [-0.39, 0.29) is 17.7 Å². The van der Waals surface area contributed by atoms with Crippen LogP contribution in [0.5, 0.6) is 5.75 Å². The maximum atomic E-state index is 13.0. The monoisotopic (exact) mass is 373 g/mol. The maximum Gasteiger partial charge on any atom is 0.329 e. The molecule has 3 fully saturated rings. The first kappa shape index (κ1) is 18.1. The molecule has 2 aliphatic heterocycles. The predicted molar refractivity (Wildman–Crippen MR) is 102 cm³/mol. The number of hydrogen-bond acceptors (Lipinski definition) is 4. The highest BCUT2D eigenvalue weighted by Crippen LogP contribution is 2.32. The van der Waals surface area contributed by atoms with Gasteiger partial charge in [-0.05, 0) is 37.1 Å². The van der Waals surface area contributed by atoms with Gasteiger partial charge in [0.25, 0.3) is 5.91 Å². The molecule has 7 nitrogen and oxygen atoms in total. The Kier molecular flexibility index (Phi) is 4.95. The van der Waals surface area contributed by atoms with Gasteiger partial charge in [0.15, 0.2) is 6.67 Å². The number of aromatic hydroxyl groups is 1. The van der Waals surface area contributed by atoms with Crippen LogP contribution in [-0.2, 0) is 4.79 Å². The molecule has 3 amide bonds. The Morgan fingerprint density at radius 2 is 1.63 bits per heavy atom. The van der Waals surface area contributed by atoms with E-state index in [1.807, 2.05) is 12.1 Å². The molecule has 0 atom stereocenters. The number of anilines is 1. The highest BCUT2D eigenvalue weighted by Gasteiger charge is 2.51. The summed E-state index contributed by atoms with van der Waals surface area (Å²) in [6.45, 7) is 3.95. The second-order valence-electron chi connectivity index (χ2n) is 8.07. The molecule has 0 radical (unpaired) electrons. The van der Waals surface area contributed by atoms with Crippen molar-refractivity contribution in [1.29, 1.82) is 0 Å². The quantitative estimate of drug-likeness (QED) is 0.682. The molecule has 0 bridgehead atoms. The van der Waals surface area contributed by atoms with Gasteiger partial charge in [-0.15, -0.1) is 0 Å². The molecule has 146 valence electrons. The van der Waals surface area contributed by atoms with Gasteiger partial charge in [-0.25, -0.2) is 9.69 Å². The Bertz CT molecular complexity index is 690. The van der Waals surface area contributed by atoms with Crippen LogP contribution >= 0.6 is 0 Å². The molecule has 3 N–H and O–H groups in total. The van der Waals surface area contributed by atoms with Crippen LogP contribution in [-0.4, -0.2) is 60.3 Å². The van der Waals surface area contributed by atoms with E-state index >= 15 is 0 Å². The Morgan fingerprint density at radius 3 is 2.26 bits per heavy atom. The summed E-state index contributed by atoms with van der Waals surface area (Å²) in [4.78, 5) is 30.5. The van der Waals surface area contributed by atoms with Gasteiger partial charge in [-0.2, -0.15) is 0 Å². The molecule has 1 aromatic rings.